The number of fused-ring (bicyclic) bond motifs is 2. The van der Waals surface area contributed by atoms with Crippen molar-refractivity contribution in [1.82, 2.24) is 9.88 Å². The number of nitrogens with one attached hydrogen (secondary N) is 2. The lowest BCUT2D eigenvalue weighted by molar-refractivity contribution is 0.102. The van der Waals surface area contributed by atoms with Crippen molar-refractivity contribution in [3.63, 3.8) is 0 Å². The van der Waals surface area contributed by atoms with E-state index in [0.29, 0.717) is 33.7 Å². The summed E-state index contributed by atoms with van der Waals surface area (Å²) in [6.07, 6.45) is 1.91. The molecule has 8 nitrogen and oxygen atoms in total. The number of aromatic amines is 1. The van der Waals surface area contributed by atoms with Gasteiger partial charge in [-0.25, -0.2) is 4.79 Å². The highest BCUT2D eigenvalue weighted by Crippen LogP contribution is 2.38. The number of benzene rings is 2. The molecular formula is C26H27N3O5. The second kappa shape index (κ2) is 8.87. The number of amides is 1. The average molecular weight is 462 g/mol. The summed E-state index contributed by atoms with van der Waals surface area (Å²) in [5.41, 5.74) is 1.74. The van der Waals surface area contributed by atoms with Gasteiger partial charge in [-0.2, -0.15) is 0 Å². The van der Waals surface area contributed by atoms with Gasteiger partial charge in [0, 0.05) is 34.9 Å². The minimum atomic E-state index is -0.629. The van der Waals surface area contributed by atoms with Gasteiger partial charge in [0.15, 0.2) is 11.5 Å². The molecule has 176 valence electrons. The van der Waals surface area contributed by atoms with E-state index in [-0.39, 0.29) is 11.8 Å². The van der Waals surface area contributed by atoms with Crippen molar-refractivity contribution in [2.24, 2.45) is 0 Å². The third-order valence-corrected chi connectivity index (χ3v) is 6.36. The highest BCUT2D eigenvalue weighted by atomic mass is 16.5. The van der Waals surface area contributed by atoms with E-state index in [0.717, 1.165) is 36.8 Å². The summed E-state index contributed by atoms with van der Waals surface area (Å²) in [4.78, 5) is 30.9. The Balaban J connectivity index is 1.46. The maximum absolute atomic E-state index is 12.8. The summed E-state index contributed by atoms with van der Waals surface area (Å²) in [6.45, 7) is 3.78. The van der Waals surface area contributed by atoms with Gasteiger partial charge in [-0.05, 0) is 51.1 Å². The van der Waals surface area contributed by atoms with Crippen LogP contribution in [0.1, 0.15) is 28.9 Å². The van der Waals surface area contributed by atoms with Gasteiger partial charge in [0.05, 0.1) is 7.11 Å². The number of likely N-dealkylation sites (tertiary alicyclic amines) is 1. The van der Waals surface area contributed by atoms with Gasteiger partial charge < -0.3 is 29.1 Å². The number of anilines is 1. The van der Waals surface area contributed by atoms with Crippen LogP contribution in [0.15, 0.2) is 51.7 Å². The molecule has 2 aromatic carbocycles. The molecule has 0 atom stereocenters. The number of ether oxygens (including phenoxy) is 2. The molecule has 0 spiro atoms. The third-order valence-electron chi connectivity index (χ3n) is 6.36. The molecule has 1 amide bonds. The molecule has 1 fully saturated rings. The Morgan fingerprint density at radius 2 is 1.91 bits per heavy atom. The van der Waals surface area contributed by atoms with Crippen molar-refractivity contribution in [2.45, 2.75) is 25.9 Å². The number of aryl methyl sites for hydroxylation is 1. The molecule has 1 aliphatic heterocycles. The fourth-order valence-electron chi connectivity index (χ4n) is 4.42. The van der Waals surface area contributed by atoms with Crippen LogP contribution in [0.4, 0.5) is 5.69 Å². The van der Waals surface area contributed by atoms with Crippen molar-refractivity contribution >= 4 is 33.5 Å². The Morgan fingerprint density at radius 3 is 2.65 bits per heavy atom. The lowest BCUT2D eigenvalue weighted by Gasteiger charge is -2.30. The van der Waals surface area contributed by atoms with E-state index in [1.165, 1.54) is 0 Å². The Kier molecular flexibility index (Phi) is 5.75. The molecule has 0 unspecified atom stereocenters. The Bertz CT molecular complexity index is 1400. The number of H-pyrrole nitrogens is 1. The highest BCUT2D eigenvalue weighted by molar-refractivity contribution is 6.06. The van der Waals surface area contributed by atoms with Gasteiger partial charge in [0.1, 0.15) is 23.1 Å². The third kappa shape index (κ3) is 4.12. The van der Waals surface area contributed by atoms with Gasteiger partial charge >= 0.3 is 5.63 Å². The first-order valence-corrected chi connectivity index (χ1v) is 11.3. The molecule has 5 rings (SSSR count). The first kappa shape index (κ1) is 22.0. The Hall–Kier alpha value is -3.78. The molecule has 2 aromatic heterocycles. The van der Waals surface area contributed by atoms with E-state index in [1.807, 2.05) is 31.2 Å². The predicted molar refractivity (Wildman–Crippen MR) is 131 cm³/mol. The van der Waals surface area contributed by atoms with E-state index < -0.39 is 11.5 Å². The van der Waals surface area contributed by atoms with Gasteiger partial charge in [-0.1, -0.05) is 18.2 Å². The van der Waals surface area contributed by atoms with Crippen LogP contribution in [0.5, 0.6) is 11.5 Å². The topological polar surface area (TPSA) is 96.8 Å². The molecule has 8 heteroatoms. The molecule has 0 bridgehead atoms. The molecule has 0 radical (unpaired) electrons. The first-order valence-electron chi connectivity index (χ1n) is 11.3. The number of aromatic nitrogens is 1. The number of hydrogen-bond acceptors (Lipinski definition) is 6. The number of rotatable bonds is 5. The van der Waals surface area contributed by atoms with Crippen molar-refractivity contribution in [1.29, 1.82) is 0 Å². The van der Waals surface area contributed by atoms with Crippen LogP contribution < -0.4 is 20.4 Å². The van der Waals surface area contributed by atoms with Crippen molar-refractivity contribution in [2.75, 3.05) is 32.6 Å². The van der Waals surface area contributed by atoms with Gasteiger partial charge in [0.2, 0.25) is 0 Å². The Morgan fingerprint density at radius 1 is 1.15 bits per heavy atom. The van der Waals surface area contributed by atoms with Crippen LogP contribution in [0, 0.1) is 6.92 Å². The average Bonchev–Trinajstić information content (AvgIpc) is 3.28. The molecule has 3 heterocycles. The lowest BCUT2D eigenvalue weighted by Crippen LogP contribution is -2.35. The van der Waals surface area contributed by atoms with E-state index in [1.54, 1.807) is 25.3 Å². The van der Waals surface area contributed by atoms with Gasteiger partial charge in [-0.3, -0.25) is 4.79 Å². The molecular weight excluding hydrogens is 434 g/mol. The van der Waals surface area contributed by atoms with Crippen molar-refractivity contribution in [3.05, 3.63) is 64.1 Å². The first-order chi connectivity index (χ1) is 16.4. The molecule has 1 saturated heterocycles. The maximum atomic E-state index is 12.8. The van der Waals surface area contributed by atoms with E-state index in [2.05, 4.69) is 22.2 Å². The van der Waals surface area contributed by atoms with Crippen molar-refractivity contribution in [3.8, 4) is 11.5 Å². The smallest absolute Gasteiger partial charge is 0.360 e. The fourth-order valence-corrected chi connectivity index (χ4v) is 4.42. The van der Waals surface area contributed by atoms with Crippen LogP contribution in [0.3, 0.4) is 0 Å². The zero-order chi connectivity index (χ0) is 23.8. The summed E-state index contributed by atoms with van der Waals surface area (Å²) in [5.74, 6) is 0.724. The number of carbonyl (C=O) groups is 1. The summed E-state index contributed by atoms with van der Waals surface area (Å²) in [6, 6.07) is 12.7. The number of hydrogen-bond donors (Lipinski definition) is 2. The number of methoxy groups -OCH3 is 1. The van der Waals surface area contributed by atoms with E-state index in [9.17, 15) is 9.59 Å². The molecule has 2 N–H and O–H groups in total. The number of piperidine rings is 1. The Labute approximate surface area is 196 Å². The minimum absolute atomic E-state index is 0.0570. The standard InChI is InChI=1S/C26H27N3O5/c1-15-23-17(14-22(32-3)24(15)33-18-8-10-29(2)11-9-18)13-21(26(31)34-23)28-25(30)20-12-16-6-4-5-7-19(16)27-20/h4-7,12-14,18,27H,8-11H2,1-3H3,(H,28,30). The lowest BCUT2D eigenvalue weighted by atomic mass is 10.1. The molecule has 4 aromatic rings. The normalized spacial score (nSPS) is 15.0. The van der Waals surface area contributed by atoms with E-state index in [4.69, 9.17) is 13.9 Å². The zero-order valence-corrected chi connectivity index (χ0v) is 19.4. The monoisotopic (exact) mass is 461 g/mol. The maximum Gasteiger partial charge on any atom is 0.360 e. The highest BCUT2D eigenvalue weighted by Gasteiger charge is 2.23. The van der Waals surface area contributed by atoms with Crippen LogP contribution >= 0.6 is 0 Å². The molecule has 0 aliphatic carbocycles. The largest absolute Gasteiger partial charge is 0.493 e. The second-order valence-corrected chi connectivity index (χ2v) is 8.74. The molecule has 1 aliphatic rings. The van der Waals surface area contributed by atoms with Crippen LogP contribution in [0.25, 0.3) is 21.9 Å². The summed E-state index contributed by atoms with van der Waals surface area (Å²) in [5, 5.41) is 4.22. The molecule has 0 saturated carbocycles. The quantitative estimate of drug-likeness (QED) is 0.430. The SMILES string of the molecule is COc1cc2cc(NC(=O)c3cc4ccccc4[nH]3)c(=O)oc2c(C)c1OC1CCN(C)CC1. The number of para-hydroxylation sites is 1. The van der Waals surface area contributed by atoms with Crippen LogP contribution in [-0.2, 0) is 0 Å². The van der Waals surface area contributed by atoms with Gasteiger partial charge in [0.25, 0.3) is 5.91 Å². The predicted octanol–water partition coefficient (Wildman–Crippen LogP) is 4.32. The summed E-state index contributed by atoms with van der Waals surface area (Å²) in [7, 11) is 3.68. The summed E-state index contributed by atoms with van der Waals surface area (Å²) < 4.78 is 17.5. The van der Waals surface area contributed by atoms with Gasteiger partial charge in [-0.15, -0.1) is 0 Å². The van der Waals surface area contributed by atoms with E-state index >= 15 is 0 Å². The van der Waals surface area contributed by atoms with Crippen LogP contribution in [-0.4, -0.2) is 49.1 Å². The number of carbonyl (C=O) groups excluding carboxylic acids is 1. The fraction of sp³-hybridized carbons (Fsp3) is 0.308. The number of nitrogens with zero attached hydrogens (tertiary/aromatic N) is 1. The van der Waals surface area contributed by atoms with Crippen LogP contribution in [0.2, 0.25) is 0 Å². The molecule has 34 heavy (non-hydrogen) atoms. The zero-order valence-electron chi connectivity index (χ0n) is 19.4. The second-order valence-electron chi connectivity index (χ2n) is 8.74. The minimum Gasteiger partial charge on any atom is -0.493 e. The van der Waals surface area contributed by atoms with Crippen molar-refractivity contribution < 1.29 is 18.7 Å². The summed E-state index contributed by atoms with van der Waals surface area (Å²) >= 11 is 0.